The smallest absolute Gasteiger partial charge is 0.219 e. The van der Waals surface area contributed by atoms with Crippen molar-refractivity contribution in [2.45, 2.75) is 5.88 Å². The van der Waals surface area contributed by atoms with Gasteiger partial charge in [0.2, 0.25) is 5.88 Å². The van der Waals surface area contributed by atoms with Gasteiger partial charge in [-0.25, -0.2) is 4.98 Å². The average Bonchev–Trinajstić information content (AvgIpc) is 2.34. The first-order valence-corrected chi connectivity index (χ1v) is 6.12. The molecule has 0 spiro atoms. The van der Waals surface area contributed by atoms with Gasteiger partial charge in [0, 0.05) is 18.1 Å². The van der Waals surface area contributed by atoms with E-state index in [1.54, 1.807) is 18.2 Å². The molecular weight excluding hydrogens is 280 g/mol. The highest BCUT2D eigenvalue weighted by atomic mass is 35.5. The van der Waals surface area contributed by atoms with Crippen LogP contribution in [0.2, 0.25) is 10.0 Å². The molecule has 0 aliphatic carbocycles. The lowest BCUT2D eigenvalue weighted by Crippen LogP contribution is -1.91. The Morgan fingerprint density at radius 3 is 2.59 bits per heavy atom. The third-order valence-corrected chi connectivity index (χ3v) is 3.05. The number of rotatable bonds is 3. The van der Waals surface area contributed by atoms with Crippen molar-refractivity contribution >= 4 is 34.8 Å². The predicted molar refractivity (Wildman–Crippen MR) is 70.3 cm³/mol. The average molecular weight is 289 g/mol. The van der Waals surface area contributed by atoms with E-state index in [-0.39, 0.29) is 0 Å². The normalized spacial score (nSPS) is 10.3. The number of hydrogen-bond donors (Lipinski definition) is 0. The molecule has 2 aromatic rings. The van der Waals surface area contributed by atoms with Gasteiger partial charge in [0.1, 0.15) is 5.75 Å². The maximum absolute atomic E-state index is 5.97. The van der Waals surface area contributed by atoms with Gasteiger partial charge in [0.25, 0.3) is 0 Å². The van der Waals surface area contributed by atoms with Crippen molar-refractivity contribution in [3.8, 4) is 11.6 Å². The molecule has 0 aliphatic rings. The molecule has 5 heteroatoms. The molecule has 0 fully saturated rings. The molecule has 0 atom stereocenters. The van der Waals surface area contributed by atoms with Crippen molar-refractivity contribution < 1.29 is 4.74 Å². The second-order valence-corrected chi connectivity index (χ2v) is 4.36. The number of ether oxygens (including phenoxy) is 1. The second kappa shape index (κ2) is 5.58. The zero-order valence-corrected chi connectivity index (χ0v) is 10.9. The van der Waals surface area contributed by atoms with Gasteiger partial charge in [0.05, 0.1) is 10.0 Å². The van der Waals surface area contributed by atoms with Crippen LogP contribution in [0.1, 0.15) is 5.56 Å². The number of benzene rings is 1. The number of alkyl halides is 1. The molecule has 1 aromatic heterocycles. The van der Waals surface area contributed by atoms with Crippen LogP contribution in [0.25, 0.3) is 0 Å². The summed E-state index contributed by atoms with van der Waals surface area (Å²) < 4.78 is 5.55. The quantitative estimate of drug-likeness (QED) is 0.748. The Morgan fingerprint density at radius 1 is 1.12 bits per heavy atom. The fourth-order valence-electron chi connectivity index (χ4n) is 1.26. The van der Waals surface area contributed by atoms with E-state index in [9.17, 15) is 0 Å². The van der Waals surface area contributed by atoms with Crippen LogP contribution in [0.3, 0.4) is 0 Å². The van der Waals surface area contributed by atoms with Crippen molar-refractivity contribution in [1.82, 2.24) is 4.98 Å². The van der Waals surface area contributed by atoms with Crippen molar-refractivity contribution in [2.75, 3.05) is 0 Å². The summed E-state index contributed by atoms with van der Waals surface area (Å²) in [5.74, 6) is 1.27. The molecule has 0 saturated carbocycles. The summed E-state index contributed by atoms with van der Waals surface area (Å²) in [4.78, 5) is 4.05. The minimum atomic E-state index is 0.306. The van der Waals surface area contributed by atoms with E-state index >= 15 is 0 Å². The van der Waals surface area contributed by atoms with Gasteiger partial charge >= 0.3 is 0 Å². The predicted octanol–water partition coefficient (Wildman–Crippen LogP) is 4.92. The Hall–Kier alpha value is -0.960. The van der Waals surface area contributed by atoms with Crippen LogP contribution in [-0.2, 0) is 5.88 Å². The molecule has 0 aliphatic heterocycles. The molecule has 1 heterocycles. The zero-order valence-electron chi connectivity index (χ0n) is 8.66. The summed E-state index contributed by atoms with van der Waals surface area (Å²) >= 11 is 17.6. The van der Waals surface area contributed by atoms with Crippen molar-refractivity contribution in [3.05, 3.63) is 52.1 Å². The van der Waals surface area contributed by atoms with E-state index in [4.69, 9.17) is 39.5 Å². The zero-order chi connectivity index (χ0) is 12.3. The third kappa shape index (κ3) is 3.03. The lowest BCUT2D eigenvalue weighted by molar-refractivity contribution is 0.462. The van der Waals surface area contributed by atoms with E-state index in [0.717, 1.165) is 5.56 Å². The SMILES string of the molecule is ClCc1cc(Oc2ccccc2Cl)ncc1Cl. The highest BCUT2D eigenvalue weighted by molar-refractivity contribution is 6.32. The van der Waals surface area contributed by atoms with Gasteiger partial charge in [-0.05, 0) is 17.7 Å². The summed E-state index contributed by atoms with van der Waals surface area (Å²) in [6.45, 7) is 0. The number of nitrogens with zero attached hydrogens (tertiary/aromatic N) is 1. The molecule has 88 valence electrons. The monoisotopic (exact) mass is 287 g/mol. The number of pyridine rings is 1. The summed E-state index contributed by atoms with van der Waals surface area (Å²) in [5.41, 5.74) is 0.769. The molecule has 2 rings (SSSR count). The highest BCUT2D eigenvalue weighted by Crippen LogP contribution is 2.29. The first-order chi connectivity index (χ1) is 8.20. The topological polar surface area (TPSA) is 22.1 Å². The number of aromatic nitrogens is 1. The van der Waals surface area contributed by atoms with E-state index in [1.807, 2.05) is 12.1 Å². The van der Waals surface area contributed by atoms with Crippen molar-refractivity contribution in [1.29, 1.82) is 0 Å². The Bertz CT molecular complexity index is 531. The Balaban J connectivity index is 2.28. The van der Waals surface area contributed by atoms with E-state index in [0.29, 0.717) is 27.6 Å². The lowest BCUT2D eigenvalue weighted by Gasteiger charge is -2.07. The van der Waals surface area contributed by atoms with E-state index in [1.165, 1.54) is 6.20 Å². The summed E-state index contributed by atoms with van der Waals surface area (Å²) in [7, 11) is 0. The van der Waals surface area contributed by atoms with Crippen molar-refractivity contribution in [3.63, 3.8) is 0 Å². The highest BCUT2D eigenvalue weighted by Gasteiger charge is 2.06. The standard InChI is InChI=1S/C12H8Cl3NO/c13-6-8-5-12(16-7-10(8)15)17-11-4-2-1-3-9(11)14/h1-5,7H,6H2. The van der Waals surface area contributed by atoms with Crippen LogP contribution < -0.4 is 4.74 Å². The molecule has 0 radical (unpaired) electrons. The molecule has 2 nitrogen and oxygen atoms in total. The first kappa shape index (κ1) is 12.5. The number of para-hydroxylation sites is 1. The summed E-state index contributed by atoms with van der Waals surface area (Å²) in [5, 5.41) is 1.04. The molecule has 1 aromatic carbocycles. The van der Waals surface area contributed by atoms with Crippen LogP contribution >= 0.6 is 34.8 Å². The maximum atomic E-state index is 5.97. The number of halogens is 3. The third-order valence-electron chi connectivity index (χ3n) is 2.10. The molecule has 0 saturated heterocycles. The fourth-order valence-corrected chi connectivity index (χ4v) is 1.89. The molecule has 0 bridgehead atoms. The molecule has 0 N–H and O–H groups in total. The Labute approximate surface area is 114 Å². The Morgan fingerprint density at radius 2 is 1.88 bits per heavy atom. The van der Waals surface area contributed by atoms with Crippen LogP contribution in [-0.4, -0.2) is 4.98 Å². The molecular formula is C12H8Cl3NO. The maximum Gasteiger partial charge on any atom is 0.219 e. The van der Waals surface area contributed by atoms with Gasteiger partial charge in [-0.1, -0.05) is 35.3 Å². The lowest BCUT2D eigenvalue weighted by atomic mass is 10.3. The second-order valence-electron chi connectivity index (χ2n) is 3.28. The van der Waals surface area contributed by atoms with Crippen LogP contribution in [0.5, 0.6) is 11.6 Å². The van der Waals surface area contributed by atoms with Crippen LogP contribution in [0, 0.1) is 0 Å². The minimum Gasteiger partial charge on any atom is -0.437 e. The fraction of sp³-hybridized carbons (Fsp3) is 0.0833. The van der Waals surface area contributed by atoms with Gasteiger partial charge in [-0.3, -0.25) is 0 Å². The van der Waals surface area contributed by atoms with Gasteiger partial charge < -0.3 is 4.74 Å². The largest absolute Gasteiger partial charge is 0.437 e. The summed E-state index contributed by atoms with van der Waals surface area (Å²) in [6.07, 6.45) is 1.51. The van der Waals surface area contributed by atoms with Gasteiger partial charge in [0.15, 0.2) is 0 Å². The van der Waals surface area contributed by atoms with E-state index in [2.05, 4.69) is 4.98 Å². The number of hydrogen-bond acceptors (Lipinski definition) is 2. The molecule has 0 amide bonds. The van der Waals surface area contributed by atoms with Crippen molar-refractivity contribution in [2.24, 2.45) is 0 Å². The Kier molecular flexibility index (Phi) is 4.11. The van der Waals surface area contributed by atoms with Gasteiger partial charge in [-0.15, -0.1) is 11.6 Å². The van der Waals surface area contributed by atoms with Gasteiger partial charge in [-0.2, -0.15) is 0 Å². The van der Waals surface area contributed by atoms with Crippen LogP contribution in [0.15, 0.2) is 36.5 Å². The molecule has 0 unspecified atom stereocenters. The molecule has 17 heavy (non-hydrogen) atoms. The first-order valence-electron chi connectivity index (χ1n) is 4.83. The van der Waals surface area contributed by atoms with Crippen LogP contribution in [0.4, 0.5) is 0 Å². The summed E-state index contributed by atoms with van der Waals surface area (Å²) in [6, 6.07) is 8.86. The van der Waals surface area contributed by atoms with E-state index < -0.39 is 0 Å². The minimum absolute atomic E-state index is 0.306.